The topological polar surface area (TPSA) is 119 Å². The van der Waals surface area contributed by atoms with E-state index >= 15 is 0 Å². The first-order chi connectivity index (χ1) is 20.5. The molecule has 1 saturated heterocycles. The molecule has 7 rings (SSSR count). The first-order valence-corrected chi connectivity index (χ1v) is 14.1. The van der Waals surface area contributed by atoms with Gasteiger partial charge in [0.05, 0.1) is 40.7 Å². The molecular weight excluding hydrogens is 541 g/mol. The van der Waals surface area contributed by atoms with Gasteiger partial charge in [0.2, 0.25) is 0 Å². The fourth-order valence-electron chi connectivity index (χ4n) is 5.83. The Morgan fingerprint density at radius 2 is 1.79 bits per heavy atom. The number of carboxylic acids is 1. The van der Waals surface area contributed by atoms with Crippen LogP contribution in [0.5, 0.6) is 11.5 Å². The van der Waals surface area contributed by atoms with Crippen LogP contribution < -0.4 is 20.3 Å². The van der Waals surface area contributed by atoms with Crippen molar-refractivity contribution in [1.82, 2.24) is 24.8 Å². The van der Waals surface area contributed by atoms with Crippen molar-refractivity contribution in [3.05, 3.63) is 93.9 Å². The highest BCUT2D eigenvalue weighted by atomic mass is 19.1. The first kappa shape index (κ1) is 27.8. The summed E-state index contributed by atoms with van der Waals surface area (Å²) in [4.78, 5) is 33.8. The summed E-state index contributed by atoms with van der Waals surface area (Å²) in [5.41, 5.74) is 3.08. The summed E-state index contributed by atoms with van der Waals surface area (Å²) in [5.74, 6) is 0.340. The van der Waals surface area contributed by atoms with Crippen molar-refractivity contribution in [2.75, 3.05) is 32.8 Å². The number of hydrogen-bond acceptors (Lipinski definition) is 8. The van der Waals surface area contributed by atoms with Crippen molar-refractivity contribution in [3.8, 4) is 11.5 Å². The van der Waals surface area contributed by atoms with Crippen molar-refractivity contribution in [1.29, 1.82) is 0 Å². The zero-order valence-electron chi connectivity index (χ0n) is 23.0. The second-order valence-electron chi connectivity index (χ2n) is 10.7. The molecule has 1 fully saturated rings. The molecule has 2 aromatic carbocycles. The molecule has 0 radical (unpaired) electrons. The highest BCUT2D eigenvalue weighted by molar-refractivity contribution is 5.87. The quantitative estimate of drug-likeness (QED) is 0.358. The molecule has 5 heterocycles. The van der Waals surface area contributed by atoms with Crippen LogP contribution >= 0.6 is 0 Å². The molecule has 1 atom stereocenters. The van der Waals surface area contributed by atoms with E-state index in [1.54, 1.807) is 47.2 Å². The molecule has 0 saturated carbocycles. The number of piperidine rings is 1. The Morgan fingerprint density at radius 3 is 2.52 bits per heavy atom. The number of aromatic carboxylic acids is 1. The van der Waals surface area contributed by atoms with Crippen LogP contribution in [0.3, 0.4) is 0 Å². The zero-order chi connectivity index (χ0) is 29.1. The molecular formula is C31H32FN5O5. The van der Waals surface area contributed by atoms with Gasteiger partial charge in [-0.3, -0.25) is 9.78 Å². The largest absolute Gasteiger partial charge is 0.486 e. The van der Waals surface area contributed by atoms with Crippen LogP contribution in [0, 0.1) is 5.82 Å². The van der Waals surface area contributed by atoms with E-state index in [0.717, 1.165) is 43.9 Å². The Balaban J connectivity index is 0.000000302. The van der Waals surface area contributed by atoms with E-state index in [4.69, 9.17) is 14.6 Å². The highest BCUT2D eigenvalue weighted by Gasteiger charge is 2.31. The van der Waals surface area contributed by atoms with Gasteiger partial charge in [-0.2, -0.15) is 0 Å². The number of carboxylic acid groups (broad SMARTS) is 1. The van der Waals surface area contributed by atoms with Gasteiger partial charge in [0.25, 0.3) is 5.56 Å². The van der Waals surface area contributed by atoms with Crippen molar-refractivity contribution in [2.45, 2.75) is 37.9 Å². The number of hydrogen-bond donors (Lipinski definition) is 2. The lowest BCUT2D eigenvalue weighted by molar-refractivity contribution is 0.0697. The highest BCUT2D eigenvalue weighted by Crippen LogP contribution is 2.33. The summed E-state index contributed by atoms with van der Waals surface area (Å²) >= 11 is 0. The predicted molar refractivity (Wildman–Crippen MR) is 154 cm³/mol. The fraction of sp³-hybridized carbons (Fsp3) is 0.355. The molecule has 0 aliphatic carbocycles. The zero-order valence-corrected chi connectivity index (χ0v) is 23.0. The van der Waals surface area contributed by atoms with E-state index in [1.807, 2.05) is 6.07 Å². The standard InChI is InChI=1S/C24H26FN5O3.C7H6O2/c25-19-1-2-20-24-18(19)10-17(30(24)23(31)13-28-20)14-29-5-3-15(4-6-29)26-11-16-9-21-22(12-27-16)33-8-7-32-21;8-7(9)6-4-2-1-3-5-6/h1-2,9,12-13,15,17,26H,3-8,10-11,14H2;1-5H,(H,8,9). The van der Waals surface area contributed by atoms with Crippen LogP contribution in [-0.4, -0.2) is 69.4 Å². The van der Waals surface area contributed by atoms with Crippen molar-refractivity contribution in [3.63, 3.8) is 0 Å². The normalized spacial score (nSPS) is 18.0. The molecule has 11 heteroatoms. The van der Waals surface area contributed by atoms with E-state index in [1.165, 1.54) is 12.3 Å². The second kappa shape index (κ2) is 12.3. The average molecular weight is 574 g/mol. The van der Waals surface area contributed by atoms with Crippen molar-refractivity contribution >= 4 is 17.0 Å². The third kappa shape index (κ3) is 5.97. The molecule has 2 N–H and O–H groups in total. The Morgan fingerprint density at radius 1 is 1.02 bits per heavy atom. The van der Waals surface area contributed by atoms with E-state index in [9.17, 15) is 14.0 Å². The van der Waals surface area contributed by atoms with Gasteiger partial charge in [0.15, 0.2) is 11.5 Å². The molecule has 0 amide bonds. The minimum Gasteiger partial charge on any atom is -0.486 e. The molecule has 0 bridgehead atoms. The Bertz CT molecular complexity index is 1640. The van der Waals surface area contributed by atoms with E-state index in [0.29, 0.717) is 60.1 Å². The van der Waals surface area contributed by atoms with Gasteiger partial charge < -0.3 is 29.4 Å². The maximum absolute atomic E-state index is 14.4. The lowest BCUT2D eigenvalue weighted by atomic mass is 10.0. The minimum atomic E-state index is -0.879. The molecule has 3 aliphatic rings. The van der Waals surface area contributed by atoms with Gasteiger partial charge in [0, 0.05) is 30.8 Å². The lowest BCUT2D eigenvalue weighted by Gasteiger charge is -2.34. The van der Waals surface area contributed by atoms with Crippen LogP contribution in [0.15, 0.2) is 65.7 Å². The third-order valence-electron chi connectivity index (χ3n) is 7.94. The summed E-state index contributed by atoms with van der Waals surface area (Å²) in [7, 11) is 0. The minimum absolute atomic E-state index is 0.0543. The van der Waals surface area contributed by atoms with Gasteiger partial charge in [-0.05, 0) is 56.6 Å². The molecule has 218 valence electrons. The maximum Gasteiger partial charge on any atom is 0.335 e. The molecule has 4 aromatic rings. The second-order valence-corrected chi connectivity index (χ2v) is 10.7. The van der Waals surface area contributed by atoms with Gasteiger partial charge >= 0.3 is 5.97 Å². The molecule has 3 aliphatic heterocycles. The van der Waals surface area contributed by atoms with E-state index in [-0.39, 0.29) is 17.4 Å². The number of fused-ring (bicyclic) bond motifs is 1. The average Bonchev–Trinajstić information content (AvgIpc) is 3.41. The number of nitrogens with zero attached hydrogens (tertiary/aromatic N) is 4. The van der Waals surface area contributed by atoms with Gasteiger partial charge in [-0.25, -0.2) is 14.2 Å². The number of ether oxygens (including phenoxy) is 2. The van der Waals surface area contributed by atoms with Crippen LogP contribution in [0.2, 0.25) is 0 Å². The third-order valence-corrected chi connectivity index (χ3v) is 7.94. The number of rotatable bonds is 6. The predicted octanol–water partition coefficient (Wildman–Crippen LogP) is 3.44. The summed E-state index contributed by atoms with van der Waals surface area (Å²) in [6, 6.07) is 13.7. The molecule has 0 spiro atoms. The van der Waals surface area contributed by atoms with Gasteiger partial charge in [-0.15, -0.1) is 0 Å². The SMILES string of the molecule is O=C(O)c1ccccc1.O=c1cnc2ccc(F)c3c2n1C(CN1CCC(NCc2cc4c(cn2)OCCO4)CC1)C3. The summed E-state index contributed by atoms with van der Waals surface area (Å²) < 4.78 is 27.3. The number of halogens is 1. The van der Waals surface area contributed by atoms with Crippen LogP contribution in [0.1, 0.15) is 40.5 Å². The lowest BCUT2D eigenvalue weighted by Crippen LogP contribution is -2.44. The van der Waals surface area contributed by atoms with Crippen LogP contribution in [0.4, 0.5) is 4.39 Å². The Hall–Kier alpha value is -4.35. The Labute approximate surface area is 241 Å². The van der Waals surface area contributed by atoms with Crippen LogP contribution in [-0.2, 0) is 13.0 Å². The smallest absolute Gasteiger partial charge is 0.335 e. The van der Waals surface area contributed by atoms with Gasteiger partial charge in [-0.1, -0.05) is 18.2 Å². The monoisotopic (exact) mass is 573 g/mol. The molecule has 10 nitrogen and oxygen atoms in total. The molecule has 1 unspecified atom stereocenters. The Kier molecular flexibility index (Phi) is 8.11. The number of benzene rings is 2. The first-order valence-electron chi connectivity index (χ1n) is 14.1. The van der Waals surface area contributed by atoms with Gasteiger partial charge in [0.1, 0.15) is 19.0 Å². The van der Waals surface area contributed by atoms with E-state index < -0.39 is 5.97 Å². The number of likely N-dealkylation sites (tertiary alicyclic amines) is 1. The van der Waals surface area contributed by atoms with Crippen molar-refractivity contribution < 1.29 is 23.8 Å². The molecule has 42 heavy (non-hydrogen) atoms. The summed E-state index contributed by atoms with van der Waals surface area (Å²) in [6.07, 6.45) is 5.65. The summed E-state index contributed by atoms with van der Waals surface area (Å²) in [5, 5.41) is 12.0. The number of carbonyl (C=O) groups is 1. The van der Waals surface area contributed by atoms with Crippen molar-refractivity contribution in [2.24, 2.45) is 0 Å². The molecule has 2 aromatic heterocycles. The van der Waals surface area contributed by atoms with E-state index in [2.05, 4.69) is 20.2 Å². The maximum atomic E-state index is 14.4. The number of aromatic nitrogens is 3. The van der Waals surface area contributed by atoms with Crippen LogP contribution in [0.25, 0.3) is 11.0 Å². The fourth-order valence-corrected chi connectivity index (χ4v) is 5.83. The number of nitrogens with one attached hydrogen (secondary N) is 1. The summed E-state index contributed by atoms with van der Waals surface area (Å²) in [6.45, 7) is 4.42. The number of pyridine rings is 1.